The van der Waals surface area contributed by atoms with Crippen LogP contribution >= 0.6 is 0 Å². The van der Waals surface area contributed by atoms with Gasteiger partial charge in [-0.05, 0) is 50.5 Å². The summed E-state index contributed by atoms with van der Waals surface area (Å²) < 4.78 is 5.63. The molecule has 1 aliphatic heterocycles. The fourth-order valence-electron chi connectivity index (χ4n) is 2.78. The number of amides is 1. The molecular formula is C17H23NO4. The number of hydrogen-bond acceptors (Lipinski definition) is 3. The van der Waals surface area contributed by atoms with Gasteiger partial charge < -0.3 is 14.7 Å². The quantitative estimate of drug-likeness (QED) is 0.907. The maximum atomic E-state index is 12.1. The van der Waals surface area contributed by atoms with Gasteiger partial charge in [-0.25, -0.2) is 0 Å². The summed E-state index contributed by atoms with van der Waals surface area (Å²) in [5, 5.41) is 9.19. The van der Waals surface area contributed by atoms with Gasteiger partial charge in [0.15, 0.2) is 0 Å². The molecule has 22 heavy (non-hydrogen) atoms. The first-order valence-corrected chi connectivity index (χ1v) is 7.52. The molecule has 120 valence electrons. The minimum atomic E-state index is -0.839. The molecule has 1 aliphatic rings. The average Bonchev–Trinajstić information content (AvgIpc) is 2.82. The van der Waals surface area contributed by atoms with E-state index in [1.807, 2.05) is 26.0 Å². The van der Waals surface area contributed by atoms with Crippen molar-refractivity contribution in [2.75, 3.05) is 19.7 Å². The first-order valence-electron chi connectivity index (χ1n) is 7.52. The Bertz CT molecular complexity index is 564. The third kappa shape index (κ3) is 3.78. The van der Waals surface area contributed by atoms with Crippen molar-refractivity contribution in [3.63, 3.8) is 0 Å². The number of aryl methyl sites for hydroxylation is 2. The van der Waals surface area contributed by atoms with Gasteiger partial charge in [-0.15, -0.1) is 0 Å². The Morgan fingerprint density at radius 3 is 2.45 bits per heavy atom. The van der Waals surface area contributed by atoms with E-state index in [1.54, 1.807) is 11.8 Å². The highest BCUT2D eigenvalue weighted by molar-refractivity contribution is 5.80. The predicted octanol–water partition coefficient (Wildman–Crippen LogP) is 2.40. The molecular weight excluding hydrogens is 282 g/mol. The standard InChI is InChI=1S/C17H23NO4/c1-12-8-13(2)10-14(9-12)22-7-4-15(19)18-6-5-17(3,11-18)16(20)21/h8-10H,4-7,11H2,1-3H3,(H,20,21). The fourth-order valence-corrected chi connectivity index (χ4v) is 2.78. The van der Waals surface area contributed by atoms with Crippen LogP contribution in [-0.2, 0) is 9.59 Å². The highest BCUT2D eigenvalue weighted by atomic mass is 16.5. The molecule has 1 saturated heterocycles. The summed E-state index contributed by atoms with van der Waals surface area (Å²) in [5.41, 5.74) is 1.43. The number of carbonyl (C=O) groups excluding carboxylic acids is 1. The fraction of sp³-hybridized carbons (Fsp3) is 0.529. The second-order valence-electron chi connectivity index (χ2n) is 6.35. The van der Waals surface area contributed by atoms with Gasteiger partial charge in [-0.2, -0.15) is 0 Å². The van der Waals surface area contributed by atoms with Gasteiger partial charge in [-0.1, -0.05) is 6.07 Å². The number of hydrogen-bond donors (Lipinski definition) is 1. The highest BCUT2D eigenvalue weighted by Crippen LogP contribution is 2.30. The Balaban J connectivity index is 1.82. The summed E-state index contributed by atoms with van der Waals surface area (Å²) in [7, 11) is 0. The third-order valence-corrected chi connectivity index (χ3v) is 4.12. The van der Waals surface area contributed by atoms with E-state index in [0.717, 1.165) is 16.9 Å². The number of nitrogens with zero attached hydrogens (tertiary/aromatic N) is 1. The molecule has 0 aromatic heterocycles. The largest absolute Gasteiger partial charge is 0.493 e. The van der Waals surface area contributed by atoms with Crippen molar-refractivity contribution in [1.82, 2.24) is 4.90 Å². The van der Waals surface area contributed by atoms with Gasteiger partial charge in [0.2, 0.25) is 5.91 Å². The molecule has 1 aromatic rings. The highest BCUT2D eigenvalue weighted by Gasteiger charge is 2.41. The molecule has 1 unspecified atom stereocenters. The zero-order chi connectivity index (χ0) is 16.3. The van der Waals surface area contributed by atoms with Crippen molar-refractivity contribution in [1.29, 1.82) is 0 Å². The predicted molar refractivity (Wildman–Crippen MR) is 83.0 cm³/mol. The SMILES string of the molecule is Cc1cc(C)cc(OCCC(=O)N2CCC(C)(C(=O)O)C2)c1. The van der Waals surface area contributed by atoms with Crippen molar-refractivity contribution in [2.45, 2.75) is 33.6 Å². The molecule has 1 N–H and O–H groups in total. The number of rotatable bonds is 5. The normalized spacial score (nSPS) is 21.0. The Labute approximate surface area is 130 Å². The first kappa shape index (κ1) is 16.3. The second kappa shape index (κ2) is 6.38. The number of likely N-dealkylation sites (tertiary alicyclic amines) is 1. The lowest BCUT2D eigenvalue weighted by molar-refractivity contribution is -0.147. The van der Waals surface area contributed by atoms with E-state index < -0.39 is 11.4 Å². The summed E-state index contributed by atoms with van der Waals surface area (Å²) >= 11 is 0. The Morgan fingerprint density at radius 1 is 1.27 bits per heavy atom. The summed E-state index contributed by atoms with van der Waals surface area (Å²) in [4.78, 5) is 24.9. The van der Waals surface area contributed by atoms with E-state index in [1.165, 1.54) is 0 Å². The van der Waals surface area contributed by atoms with Crippen LogP contribution < -0.4 is 4.74 Å². The topological polar surface area (TPSA) is 66.8 Å². The van der Waals surface area contributed by atoms with Crippen LogP contribution in [0.1, 0.15) is 30.9 Å². The molecule has 1 atom stereocenters. The zero-order valence-corrected chi connectivity index (χ0v) is 13.4. The summed E-state index contributed by atoms with van der Waals surface area (Å²) in [5.74, 6) is -0.120. The van der Waals surface area contributed by atoms with Gasteiger partial charge >= 0.3 is 5.97 Å². The Morgan fingerprint density at radius 2 is 1.91 bits per heavy atom. The molecule has 1 fully saturated rings. The van der Waals surface area contributed by atoms with Gasteiger partial charge in [-0.3, -0.25) is 9.59 Å². The van der Waals surface area contributed by atoms with Crippen LogP contribution in [0.25, 0.3) is 0 Å². The van der Waals surface area contributed by atoms with E-state index in [9.17, 15) is 14.7 Å². The monoisotopic (exact) mass is 305 g/mol. The average molecular weight is 305 g/mol. The minimum absolute atomic E-state index is 0.0469. The van der Waals surface area contributed by atoms with Gasteiger partial charge in [0, 0.05) is 13.1 Å². The van der Waals surface area contributed by atoms with Crippen LogP contribution in [0.2, 0.25) is 0 Å². The second-order valence-corrected chi connectivity index (χ2v) is 6.35. The Hall–Kier alpha value is -2.04. The van der Waals surface area contributed by atoms with Crippen LogP contribution in [0.4, 0.5) is 0 Å². The molecule has 0 saturated carbocycles. The van der Waals surface area contributed by atoms with E-state index in [-0.39, 0.29) is 18.9 Å². The van der Waals surface area contributed by atoms with Crippen LogP contribution in [0.5, 0.6) is 5.75 Å². The van der Waals surface area contributed by atoms with Crippen molar-refractivity contribution in [3.05, 3.63) is 29.3 Å². The van der Waals surface area contributed by atoms with Gasteiger partial charge in [0.1, 0.15) is 5.75 Å². The summed E-state index contributed by atoms with van der Waals surface area (Å²) in [6, 6.07) is 5.94. The third-order valence-electron chi connectivity index (χ3n) is 4.12. The first-order chi connectivity index (χ1) is 10.3. The molecule has 5 heteroatoms. The lowest BCUT2D eigenvalue weighted by atomic mass is 9.90. The molecule has 0 spiro atoms. The van der Waals surface area contributed by atoms with Crippen LogP contribution in [-0.4, -0.2) is 41.6 Å². The van der Waals surface area contributed by atoms with Crippen LogP contribution in [0.15, 0.2) is 18.2 Å². The number of benzene rings is 1. The van der Waals surface area contributed by atoms with Crippen molar-refractivity contribution in [2.24, 2.45) is 5.41 Å². The minimum Gasteiger partial charge on any atom is -0.493 e. The molecule has 1 amide bonds. The van der Waals surface area contributed by atoms with Crippen LogP contribution in [0.3, 0.4) is 0 Å². The van der Waals surface area contributed by atoms with E-state index in [0.29, 0.717) is 19.6 Å². The van der Waals surface area contributed by atoms with Crippen molar-refractivity contribution in [3.8, 4) is 5.75 Å². The number of ether oxygens (including phenoxy) is 1. The molecule has 1 aromatic carbocycles. The number of aliphatic carboxylic acids is 1. The number of carboxylic acid groups (broad SMARTS) is 1. The van der Waals surface area contributed by atoms with Gasteiger partial charge in [0.25, 0.3) is 0 Å². The molecule has 1 heterocycles. The summed E-state index contributed by atoms with van der Waals surface area (Å²) in [6.45, 7) is 6.79. The van der Waals surface area contributed by atoms with Crippen molar-refractivity contribution >= 4 is 11.9 Å². The molecule has 0 radical (unpaired) electrons. The lowest BCUT2D eigenvalue weighted by Gasteiger charge is -2.20. The van der Waals surface area contributed by atoms with E-state index in [2.05, 4.69) is 6.07 Å². The maximum absolute atomic E-state index is 12.1. The van der Waals surface area contributed by atoms with E-state index >= 15 is 0 Å². The Kier molecular flexibility index (Phi) is 4.74. The summed E-state index contributed by atoms with van der Waals surface area (Å²) in [6.07, 6.45) is 0.773. The molecule has 0 aliphatic carbocycles. The van der Waals surface area contributed by atoms with Gasteiger partial charge in [0.05, 0.1) is 18.4 Å². The smallest absolute Gasteiger partial charge is 0.311 e. The molecule has 2 rings (SSSR count). The zero-order valence-electron chi connectivity index (χ0n) is 13.4. The van der Waals surface area contributed by atoms with Crippen molar-refractivity contribution < 1.29 is 19.4 Å². The number of carboxylic acids is 1. The number of carbonyl (C=O) groups is 2. The maximum Gasteiger partial charge on any atom is 0.311 e. The van der Waals surface area contributed by atoms with E-state index in [4.69, 9.17) is 4.74 Å². The van der Waals surface area contributed by atoms with Crippen LogP contribution in [0, 0.1) is 19.3 Å². The lowest BCUT2D eigenvalue weighted by Crippen LogP contribution is -2.35. The molecule has 0 bridgehead atoms. The molecule has 5 nitrogen and oxygen atoms in total.